The first-order valence-corrected chi connectivity index (χ1v) is 7.79. The summed E-state index contributed by atoms with van der Waals surface area (Å²) in [6, 6.07) is 0.853. The van der Waals surface area contributed by atoms with E-state index in [-0.39, 0.29) is 12.4 Å². The molecule has 0 aliphatic carbocycles. The van der Waals surface area contributed by atoms with Crippen molar-refractivity contribution < 1.29 is 4.74 Å². The fourth-order valence-corrected chi connectivity index (χ4v) is 4.18. The molecular weight excluding hydrogens is 260 g/mol. The van der Waals surface area contributed by atoms with Gasteiger partial charge in [-0.15, -0.1) is 12.4 Å². The number of nitrogens with one attached hydrogen (secondary N) is 1. The van der Waals surface area contributed by atoms with Crippen LogP contribution < -0.4 is 5.32 Å². The molecule has 3 heterocycles. The Balaban J connectivity index is 0.00000133. The van der Waals surface area contributed by atoms with Crippen LogP contribution in [0.4, 0.5) is 0 Å². The molecule has 0 aromatic heterocycles. The van der Waals surface area contributed by atoms with Gasteiger partial charge in [0.2, 0.25) is 0 Å². The minimum absolute atomic E-state index is 0. The average Bonchev–Trinajstić information content (AvgIpc) is 3.00. The van der Waals surface area contributed by atoms with E-state index < -0.39 is 0 Å². The van der Waals surface area contributed by atoms with Crippen LogP contribution in [0.1, 0.15) is 39.0 Å². The van der Waals surface area contributed by atoms with E-state index in [1.807, 2.05) is 0 Å². The van der Waals surface area contributed by atoms with Gasteiger partial charge in [0.15, 0.2) is 0 Å². The molecule has 0 amide bonds. The van der Waals surface area contributed by atoms with Crippen molar-refractivity contribution in [1.82, 2.24) is 10.2 Å². The summed E-state index contributed by atoms with van der Waals surface area (Å²) in [5.74, 6) is 0.902. The summed E-state index contributed by atoms with van der Waals surface area (Å²) in [5.41, 5.74) is 0.522. The first kappa shape index (κ1) is 15.6. The zero-order chi connectivity index (χ0) is 12.4. The minimum Gasteiger partial charge on any atom is -0.381 e. The highest BCUT2D eigenvalue weighted by molar-refractivity contribution is 5.85. The normalized spacial score (nSPS) is 37.4. The van der Waals surface area contributed by atoms with Gasteiger partial charge in [-0.2, -0.15) is 0 Å². The number of likely N-dealkylation sites (tertiary alicyclic amines) is 1. The fraction of sp³-hybridized carbons (Fsp3) is 1.00. The number of hydrogen-bond acceptors (Lipinski definition) is 3. The van der Waals surface area contributed by atoms with E-state index in [4.69, 9.17) is 4.74 Å². The standard InChI is InChI=1S/C15H28N2O.ClH/c1-15(6-7-16-11-15)12-17-8-2-3-14(17)13-4-9-18-10-5-13;/h13-14,16H,2-12H2,1H3;1H. The zero-order valence-corrected chi connectivity index (χ0v) is 13.0. The number of nitrogens with zero attached hydrogens (tertiary/aromatic N) is 1. The maximum Gasteiger partial charge on any atom is 0.0469 e. The highest BCUT2D eigenvalue weighted by Gasteiger charge is 2.38. The van der Waals surface area contributed by atoms with Crippen molar-refractivity contribution in [3.05, 3.63) is 0 Å². The fourth-order valence-electron chi connectivity index (χ4n) is 4.18. The Kier molecular flexibility index (Phi) is 5.53. The zero-order valence-electron chi connectivity index (χ0n) is 12.2. The average molecular weight is 289 g/mol. The van der Waals surface area contributed by atoms with Crippen molar-refractivity contribution in [3.8, 4) is 0 Å². The van der Waals surface area contributed by atoms with Crippen LogP contribution in [0.3, 0.4) is 0 Å². The van der Waals surface area contributed by atoms with Gasteiger partial charge < -0.3 is 10.1 Å². The second-order valence-corrected chi connectivity index (χ2v) is 6.87. The molecule has 0 saturated carbocycles. The van der Waals surface area contributed by atoms with Crippen LogP contribution in [0.2, 0.25) is 0 Å². The van der Waals surface area contributed by atoms with Gasteiger partial charge in [-0.25, -0.2) is 0 Å². The molecule has 0 spiro atoms. The summed E-state index contributed by atoms with van der Waals surface area (Å²) in [5, 5.41) is 3.53. The lowest BCUT2D eigenvalue weighted by molar-refractivity contribution is 0.0285. The quantitative estimate of drug-likeness (QED) is 0.862. The number of hydrogen-bond donors (Lipinski definition) is 1. The van der Waals surface area contributed by atoms with E-state index in [9.17, 15) is 0 Å². The molecule has 0 bridgehead atoms. The molecule has 4 heteroatoms. The van der Waals surface area contributed by atoms with E-state index in [1.165, 1.54) is 58.3 Å². The molecule has 3 rings (SSSR count). The third kappa shape index (κ3) is 3.63. The maximum absolute atomic E-state index is 5.52. The van der Waals surface area contributed by atoms with E-state index in [0.717, 1.165) is 25.2 Å². The first-order valence-electron chi connectivity index (χ1n) is 7.79. The van der Waals surface area contributed by atoms with Crippen LogP contribution in [0, 0.1) is 11.3 Å². The minimum atomic E-state index is 0. The van der Waals surface area contributed by atoms with Crippen LogP contribution in [0.25, 0.3) is 0 Å². The first-order chi connectivity index (χ1) is 8.77. The van der Waals surface area contributed by atoms with Crippen LogP contribution in [-0.2, 0) is 4.74 Å². The SMILES string of the molecule is CC1(CN2CCCC2C2CCOCC2)CCNC1.Cl. The molecule has 3 nitrogen and oxygen atoms in total. The third-order valence-corrected chi connectivity index (χ3v) is 5.27. The Bertz CT molecular complexity index is 275. The van der Waals surface area contributed by atoms with Gasteiger partial charge >= 0.3 is 0 Å². The summed E-state index contributed by atoms with van der Waals surface area (Å²) in [6.07, 6.45) is 6.76. The lowest BCUT2D eigenvalue weighted by atomic mass is 9.86. The Morgan fingerprint density at radius 2 is 2.05 bits per heavy atom. The predicted molar refractivity (Wildman–Crippen MR) is 81.0 cm³/mol. The number of halogens is 1. The Hall–Kier alpha value is 0.170. The van der Waals surface area contributed by atoms with Crippen molar-refractivity contribution >= 4 is 12.4 Å². The molecule has 0 radical (unpaired) electrons. The van der Waals surface area contributed by atoms with Crippen LogP contribution in [0.15, 0.2) is 0 Å². The molecule has 2 unspecified atom stereocenters. The van der Waals surface area contributed by atoms with Crippen molar-refractivity contribution in [3.63, 3.8) is 0 Å². The molecule has 3 aliphatic heterocycles. The molecule has 0 aromatic rings. The molecule has 2 atom stereocenters. The maximum atomic E-state index is 5.52. The van der Waals surface area contributed by atoms with E-state index in [0.29, 0.717) is 5.41 Å². The van der Waals surface area contributed by atoms with Crippen LogP contribution >= 0.6 is 12.4 Å². The highest BCUT2D eigenvalue weighted by Crippen LogP contribution is 2.34. The van der Waals surface area contributed by atoms with Crippen molar-refractivity contribution in [2.24, 2.45) is 11.3 Å². The predicted octanol–water partition coefficient (Wildman–Crippen LogP) is 2.30. The largest absolute Gasteiger partial charge is 0.381 e. The molecular formula is C15H29ClN2O. The van der Waals surface area contributed by atoms with Crippen molar-refractivity contribution in [2.75, 3.05) is 39.4 Å². The van der Waals surface area contributed by atoms with Crippen LogP contribution in [0.5, 0.6) is 0 Å². The van der Waals surface area contributed by atoms with Gasteiger partial charge in [0.1, 0.15) is 0 Å². The van der Waals surface area contributed by atoms with Crippen LogP contribution in [-0.4, -0.2) is 50.3 Å². The monoisotopic (exact) mass is 288 g/mol. The second-order valence-electron chi connectivity index (χ2n) is 6.87. The summed E-state index contributed by atoms with van der Waals surface area (Å²) < 4.78 is 5.52. The Labute approximate surface area is 123 Å². The second kappa shape index (κ2) is 6.75. The Morgan fingerprint density at radius 1 is 1.26 bits per heavy atom. The summed E-state index contributed by atoms with van der Waals surface area (Å²) >= 11 is 0. The van der Waals surface area contributed by atoms with E-state index in [1.54, 1.807) is 0 Å². The molecule has 1 N–H and O–H groups in total. The van der Waals surface area contributed by atoms with Gasteiger partial charge in [-0.05, 0) is 56.5 Å². The molecule has 19 heavy (non-hydrogen) atoms. The van der Waals surface area contributed by atoms with Gasteiger partial charge in [-0.1, -0.05) is 6.92 Å². The molecule has 112 valence electrons. The highest BCUT2D eigenvalue weighted by atomic mass is 35.5. The molecule has 3 saturated heterocycles. The van der Waals surface area contributed by atoms with E-state index in [2.05, 4.69) is 17.1 Å². The summed E-state index contributed by atoms with van der Waals surface area (Å²) in [4.78, 5) is 2.81. The topological polar surface area (TPSA) is 24.5 Å². The lowest BCUT2D eigenvalue weighted by Crippen LogP contribution is -2.44. The summed E-state index contributed by atoms with van der Waals surface area (Å²) in [6.45, 7) is 9.52. The third-order valence-electron chi connectivity index (χ3n) is 5.27. The molecule has 0 aromatic carbocycles. The van der Waals surface area contributed by atoms with Gasteiger partial charge in [0.25, 0.3) is 0 Å². The van der Waals surface area contributed by atoms with Gasteiger partial charge in [-0.3, -0.25) is 4.90 Å². The van der Waals surface area contributed by atoms with Crippen molar-refractivity contribution in [2.45, 2.75) is 45.1 Å². The lowest BCUT2D eigenvalue weighted by Gasteiger charge is -2.38. The van der Waals surface area contributed by atoms with Crippen molar-refractivity contribution in [1.29, 1.82) is 0 Å². The molecule has 3 aliphatic rings. The molecule has 3 fully saturated rings. The Morgan fingerprint density at radius 3 is 2.74 bits per heavy atom. The summed E-state index contributed by atoms with van der Waals surface area (Å²) in [7, 11) is 0. The number of ether oxygens (including phenoxy) is 1. The number of rotatable bonds is 3. The smallest absolute Gasteiger partial charge is 0.0469 e. The van der Waals surface area contributed by atoms with E-state index >= 15 is 0 Å². The van der Waals surface area contributed by atoms with Gasteiger partial charge in [0, 0.05) is 32.3 Å². The van der Waals surface area contributed by atoms with Gasteiger partial charge in [0.05, 0.1) is 0 Å².